The number of hydrogen-bond acceptors (Lipinski definition) is 5. The second-order valence-electron chi connectivity index (χ2n) is 4.16. The number of benzene rings is 1. The van der Waals surface area contributed by atoms with Gasteiger partial charge in [-0.2, -0.15) is 0 Å². The molecule has 0 aliphatic carbocycles. The van der Waals surface area contributed by atoms with Crippen molar-refractivity contribution < 1.29 is 13.9 Å². The quantitative estimate of drug-likeness (QED) is 0.547. The van der Waals surface area contributed by atoms with E-state index in [0.29, 0.717) is 15.6 Å². The first-order valence-electron chi connectivity index (χ1n) is 6.12. The molecule has 7 heteroatoms. The summed E-state index contributed by atoms with van der Waals surface area (Å²) in [5, 5.41) is 19.8. The van der Waals surface area contributed by atoms with E-state index in [2.05, 4.69) is 10.2 Å². The highest BCUT2D eigenvalue weighted by atomic mass is 35.5. The van der Waals surface area contributed by atoms with E-state index in [4.69, 9.17) is 20.8 Å². The van der Waals surface area contributed by atoms with Crippen molar-refractivity contribution in [1.29, 1.82) is 0 Å². The molecule has 106 valence electrons. The number of halogens is 1. The fraction of sp³-hybridized carbons (Fsp3) is 0.0714. The number of hydrogen-bond donors (Lipinski definition) is 0. The highest BCUT2D eigenvalue weighted by Crippen LogP contribution is 2.20. The highest BCUT2D eigenvalue weighted by molar-refractivity contribution is 6.30. The van der Waals surface area contributed by atoms with Crippen LogP contribution in [0.25, 0.3) is 11.5 Å². The van der Waals surface area contributed by atoms with Crippen LogP contribution >= 0.6 is 11.6 Å². The molecule has 0 aliphatic rings. The average Bonchev–Trinajstić information content (AvgIpc) is 2.96. The van der Waals surface area contributed by atoms with Crippen molar-refractivity contribution in [1.82, 2.24) is 10.2 Å². The van der Waals surface area contributed by atoms with Gasteiger partial charge in [-0.3, -0.25) is 0 Å². The summed E-state index contributed by atoms with van der Waals surface area (Å²) in [5.74, 6) is 0.820. The summed E-state index contributed by atoms with van der Waals surface area (Å²) in [7, 11) is 0. The van der Waals surface area contributed by atoms with E-state index in [1.165, 1.54) is 6.20 Å². The van der Waals surface area contributed by atoms with Crippen molar-refractivity contribution >= 4 is 11.6 Å². The lowest BCUT2D eigenvalue weighted by Crippen LogP contribution is -2.27. The summed E-state index contributed by atoms with van der Waals surface area (Å²) in [4.78, 5) is 0. The zero-order chi connectivity index (χ0) is 14.7. The molecule has 2 aromatic heterocycles. The topological polar surface area (TPSA) is 75.1 Å². The second-order valence-corrected chi connectivity index (χ2v) is 4.60. The highest BCUT2D eigenvalue weighted by Gasteiger charge is 2.11. The Bertz CT molecular complexity index is 743. The van der Waals surface area contributed by atoms with Gasteiger partial charge in [-0.15, -0.1) is 14.9 Å². The van der Waals surface area contributed by atoms with Crippen LogP contribution in [0.15, 0.2) is 53.1 Å². The van der Waals surface area contributed by atoms with Crippen molar-refractivity contribution in [3.05, 3.63) is 64.8 Å². The monoisotopic (exact) mass is 303 g/mol. The van der Waals surface area contributed by atoms with Crippen LogP contribution in [-0.2, 0) is 6.61 Å². The van der Waals surface area contributed by atoms with Crippen molar-refractivity contribution in [2.45, 2.75) is 6.61 Å². The summed E-state index contributed by atoms with van der Waals surface area (Å²) in [6.07, 6.45) is 1.35. The van der Waals surface area contributed by atoms with Gasteiger partial charge < -0.3 is 14.4 Å². The second kappa shape index (κ2) is 5.80. The van der Waals surface area contributed by atoms with Gasteiger partial charge in [0.25, 0.3) is 5.89 Å². The van der Waals surface area contributed by atoms with Gasteiger partial charge in [0, 0.05) is 16.7 Å². The lowest BCUT2D eigenvalue weighted by molar-refractivity contribution is -0.613. The summed E-state index contributed by atoms with van der Waals surface area (Å²) in [6.45, 7) is 0.0207. The maximum Gasteiger partial charge on any atom is 0.379 e. The summed E-state index contributed by atoms with van der Waals surface area (Å²) in [6, 6.07) is 11.9. The Morgan fingerprint density at radius 3 is 2.71 bits per heavy atom. The average molecular weight is 304 g/mol. The first-order chi connectivity index (χ1) is 10.2. The molecule has 0 fully saturated rings. The summed E-state index contributed by atoms with van der Waals surface area (Å²) < 4.78 is 11.4. The molecule has 0 saturated heterocycles. The Morgan fingerprint density at radius 1 is 1.14 bits per heavy atom. The SMILES string of the molecule is [O-][n+]1ccccc1OCc1nnc(-c2ccc(Cl)cc2)o1. The Labute approximate surface area is 125 Å². The predicted molar refractivity (Wildman–Crippen MR) is 74.5 cm³/mol. The smallest absolute Gasteiger partial charge is 0.379 e. The molecule has 0 spiro atoms. The molecule has 0 amide bonds. The maximum atomic E-state index is 11.4. The van der Waals surface area contributed by atoms with Crippen LogP contribution < -0.4 is 9.47 Å². The van der Waals surface area contributed by atoms with Gasteiger partial charge in [0.1, 0.15) is 0 Å². The first-order valence-corrected chi connectivity index (χ1v) is 6.49. The lowest BCUT2D eigenvalue weighted by Gasteiger charge is -2.03. The minimum atomic E-state index is 0.0207. The lowest BCUT2D eigenvalue weighted by atomic mass is 10.2. The van der Waals surface area contributed by atoms with Crippen molar-refractivity contribution in [3.63, 3.8) is 0 Å². The van der Waals surface area contributed by atoms with Gasteiger partial charge >= 0.3 is 5.88 Å². The Balaban J connectivity index is 1.71. The van der Waals surface area contributed by atoms with Crippen LogP contribution in [-0.4, -0.2) is 10.2 Å². The van der Waals surface area contributed by atoms with Crippen LogP contribution in [0.3, 0.4) is 0 Å². The van der Waals surface area contributed by atoms with Gasteiger partial charge in [0.05, 0.1) is 6.07 Å². The fourth-order valence-electron chi connectivity index (χ4n) is 1.68. The van der Waals surface area contributed by atoms with Gasteiger partial charge in [-0.1, -0.05) is 11.6 Å². The third kappa shape index (κ3) is 3.11. The standard InChI is InChI=1S/C14H10ClN3O3/c15-11-6-4-10(5-7-11)14-17-16-12(21-14)9-20-13-3-1-2-8-18(13)19/h1-8H,9H2. The largest absolute Gasteiger partial charge is 0.616 e. The molecule has 0 atom stereocenters. The predicted octanol–water partition coefficient (Wildman–Crippen LogP) is 2.60. The minimum Gasteiger partial charge on any atom is -0.616 e. The van der Waals surface area contributed by atoms with E-state index in [9.17, 15) is 5.21 Å². The molecule has 0 aliphatic heterocycles. The Kier molecular flexibility index (Phi) is 3.70. The number of pyridine rings is 1. The minimum absolute atomic E-state index is 0.0207. The molecule has 21 heavy (non-hydrogen) atoms. The Morgan fingerprint density at radius 2 is 1.95 bits per heavy atom. The van der Waals surface area contributed by atoms with Crippen LogP contribution in [0.2, 0.25) is 5.02 Å². The number of ether oxygens (including phenoxy) is 1. The molecule has 0 bridgehead atoms. The van der Waals surface area contributed by atoms with E-state index in [1.54, 1.807) is 42.5 Å². The van der Waals surface area contributed by atoms with E-state index in [1.807, 2.05) is 0 Å². The molecule has 3 aromatic rings. The van der Waals surface area contributed by atoms with E-state index in [-0.39, 0.29) is 18.4 Å². The van der Waals surface area contributed by atoms with Gasteiger partial charge in [-0.05, 0) is 30.3 Å². The van der Waals surface area contributed by atoms with Gasteiger partial charge in [0.15, 0.2) is 12.8 Å². The zero-order valence-electron chi connectivity index (χ0n) is 10.8. The van der Waals surface area contributed by atoms with Crippen LogP contribution in [0, 0.1) is 5.21 Å². The van der Waals surface area contributed by atoms with Gasteiger partial charge in [-0.25, -0.2) is 0 Å². The summed E-state index contributed by atoms with van der Waals surface area (Å²) >= 11 is 5.82. The van der Waals surface area contributed by atoms with E-state index in [0.717, 1.165) is 5.56 Å². The van der Waals surface area contributed by atoms with E-state index < -0.39 is 0 Å². The molecule has 0 N–H and O–H groups in total. The van der Waals surface area contributed by atoms with Crippen molar-refractivity contribution in [2.75, 3.05) is 0 Å². The van der Waals surface area contributed by atoms with Crippen LogP contribution in [0.1, 0.15) is 5.89 Å². The van der Waals surface area contributed by atoms with Crippen molar-refractivity contribution in [2.24, 2.45) is 0 Å². The van der Waals surface area contributed by atoms with Gasteiger partial charge in [0.2, 0.25) is 5.89 Å². The van der Waals surface area contributed by atoms with Crippen LogP contribution in [0.4, 0.5) is 0 Å². The molecular formula is C14H10ClN3O3. The molecule has 1 aromatic carbocycles. The molecule has 0 unspecified atom stereocenters. The van der Waals surface area contributed by atoms with E-state index >= 15 is 0 Å². The number of aromatic nitrogens is 3. The number of nitrogens with zero attached hydrogens (tertiary/aromatic N) is 3. The Hall–Kier alpha value is -2.60. The molecule has 0 saturated carbocycles. The molecule has 2 heterocycles. The molecule has 6 nitrogen and oxygen atoms in total. The molecule has 3 rings (SSSR count). The van der Waals surface area contributed by atoms with Crippen molar-refractivity contribution in [3.8, 4) is 17.3 Å². The number of rotatable bonds is 4. The first kappa shape index (κ1) is 13.4. The fourth-order valence-corrected chi connectivity index (χ4v) is 1.81. The molecule has 0 radical (unpaired) electrons. The normalized spacial score (nSPS) is 10.5. The van der Waals surface area contributed by atoms with Crippen LogP contribution in [0.5, 0.6) is 5.88 Å². The zero-order valence-corrected chi connectivity index (χ0v) is 11.5. The summed E-state index contributed by atoms with van der Waals surface area (Å²) in [5.41, 5.74) is 0.761. The third-order valence-electron chi connectivity index (χ3n) is 2.69. The molecular weight excluding hydrogens is 294 g/mol. The maximum absolute atomic E-state index is 11.4. The third-order valence-corrected chi connectivity index (χ3v) is 2.94.